The molecule has 0 spiro atoms. The molecule has 5 N–H and O–H groups in total. The van der Waals surface area contributed by atoms with Crippen molar-refractivity contribution in [2.75, 3.05) is 6.54 Å². The zero-order valence-electron chi connectivity index (χ0n) is 6.99. The lowest BCUT2D eigenvalue weighted by atomic mass is 9.89. The van der Waals surface area contributed by atoms with Crippen LogP contribution in [0, 0.1) is 0 Å². The van der Waals surface area contributed by atoms with Crippen molar-refractivity contribution in [1.29, 1.82) is 0 Å². The van der Waals surface area contributed by atoms with Crippen molar-refractivity contribution in [2.45, 2.75) is 24.5 Å². The van der Waals surface area contributed by atoms with Gasteiger partial charge in [-0.3, -0.25) is 4.79 Å². The summed E-state index contributed by atoms with van der Waals surface area (Å²) in [7, 11) is 0. The lowest BCUT2D eigenvalue weighted by Crippen LogP contribution is -2.60. The van der Waals surface area contributed by atoms with Crippen LogP contribution in [0.1, 0.15) is 12.8 Å². The van der Waals surface area contributed by atoms with E-state index >= 15 is 0 Å². The van der Waals surface area contributed by atoms with Crippen LogP contribution in [0.4, 0.5) is 0 Å². The van der Waals surface area contributed by atoms with Gasteiger partial charge in [-0.1, -0.05) is 0 Å². The molecule has 0 bridgehead atoms. The molecule has 6 heteroatoms. The number of carboxylic acid groups (broad SMARTS) is 1. The molecule has 1 amide bonds. The minimum atomic E-state index is -1.59. The van der Waals surface area contributed by atoms with E-state index in [9.17, 15) is 14.7 Å². The average Bonchev–Trinajstić information content (AvgIpc) is 2.09. The van der Waals surface area contributed by atoms with Gasteiger partial charge in [0.25, 0.3) is 5.91 Å². The molecular weight excluding hydrogens is 176 g/mol. The van der Waals surface area contributed by atoms with E-state index in [2.05, 4.69) is 5.32 Å². The fraction of sp³-hybridized carbons (Fsp3) is 0.714. The molecule has 0 aromatic carbocycles. The molecule has 0 unspecified atom stereocenters. The standard InChI is InChI=1S/C7H12N2O4/c8-3-7(13)2-1-4(5(10)11)9-6(7)12/h4,13H,1-3,8H2,(H,9,12)(H,10,11)/t4-,7+/m1/s1. The highest BCUT2D eigenvalue weighted by atomic mass is 16.4. The SMILES string of the molecule is NC[C@@]1(O)CC[C@H](C(=O)O)NC1=O. The van der Waals surface area contributed by atoms with Crippen molar-refractivity contribution in [3.63, 3.8) is 0 Å². The fourth-order valence-corrected chi connectivity index (χ4v) is 1.24. The van der Waals surface area contributed by atoms with E-state index in [1.54, 1.807) is 0 Å². The van der Waals surface area contributed by atoms with Gasteiger partial charge in [-0.25, -0.2) is 4.79 Å². The zero-order chi connectivity index (χ0) is 10.1. The highest BCUT2D eigenvalue weighted by Crippen LogP contribution is 2.19. The van der Waals surface area contributed by atoms with E-state index in [1.807, 2.05) is 0 Å². The highest BCUT2D eigenvalue weighted by molar-refractivity contribution is 5.90. The molecule has 6 nitrogen and oxygen atoms in total. The van der Waals surface area contributed by atoms with E-state index in [0.29, 0.717) is 0 Å². The summed E-state index contributed by atoms with van der Waals surface area (Å²) < 4.78 is 0. The Kier molecular flexibility index (Phi) is 2.53. The summed E-state index contributed by atoms with van der Waals surface area (Å²) in [5.41, 5.74) is 3.60. The quantitative estimate of drug-likeness (QED) is 0.402. The number of nitrogens with one attached hydrogen (secondary N) is 1. The second kappa shape index (κ2) is 3.31. The van der Waals surface area contributed by atoms with Crippen molar-refractivity contribution < 1.29 is 19.8 Å². The highest BCUT2D eigenvalue weighted by Gasteiger charge is 2.41. The van der Waals surface area contributed by atoms with Gasteiger partial charge in [0.15, 0.2) is 5.60 Å². The first-order valence-electron chi connectivity index (χ1n) is 3.96. The zero-order valence-corrected chi connectivity index (χ0v) is 6.99. The van der Waals surface area contributed by atoms with Crippen molar-refractivity contribution in [3.8, 4) is 0 Å². The summed E-state index contributed by atoms with van der Waals surface area (Å²) in [6, 6.07) is -0.903. The molecule has 74 valence electrons. The van der Waals surface area contributed by atoms with Crippen LogP contribution in [0.3, 0.4) is 0 Å². The van der Waals surface area contributed by atoms with Gasteiger partial charge >= 0.3 is 5.97 Å². The normalized spacial score (nSPS) is 34.0. The number of hydrogen-bond acceptors (Lipinski definition) is 4. The van der Waals surface area contributed by atoms with E-state index in [-0.39, 0.29) is 19.4 Å². The molecule has 1 saturated heterocycles. The summed E-state index contributed by atoms with van der Waals surface area (Å²) >= 11 is 0. The number of carbonyl (C=O) groups excluding carboxylic acids is 1. The Morgan fingerprint density at radius 2 is 2.38 bits per heavy atom. The fourth-order valence-electron chi connectivity index (χ4n) is 1.24. The third-order valence-electron chi connectivity index (χ3n) is 2.21. The molecule has 0 saturated carbocycles. The Hall–Kier alpha value is -1.14. The number of aliphatic carboxylic acids is 1. The summed E-state index contributed by atoms with van der Waals surface area (Å²) in [6.45, 7) is -0.189. The van der Waals surface area contributed by atoms with Gasteiger partial charge in [0.2, 0.25) is 0 Å². The van der Waals surface area contributed by atoms with Gasteiger partial charge in [0.05, 0.1) is 0 Å². The number of nitrogens with two attached hydrogens (primary N) is 1. The van der Waals surface area contributed by atoms with Crippen LogP contribution in [0.5, 0.6) is 0 Å². The molecular formula is C7H12N2O4. The molecule has 0 aliphatic carbocycles. The Morgan fingerprint density at radius 3 is 2.77 bits per heavy atom. The molecule has 1 aliphatic heterocycles. The maximum atomic E-state index is 11.2. The van der Waals surface area contributed by atoms with Crippen molar-refractivity contribution in [2.24, 2.45) is 5.73 Å². The van der Waals surface area contributed by atoms with Crippen LogP contribution in [-0.4, -0.2) is 40.3 Å². The van der Waals surface area contributed by atoms with Crippen LogP contribution >= 0.6 is 0 Å². The van der Waals surface area contributed by atoms with E-state index < -0.39 is 23.5 Å². The molecule has 0 aromatic heterocycles. The first-order valence-corrected chi connectivity index (χ1v) is 3.96. The lowest BCUT2D eigenvalue weighted by molar-refractivity contribution is -0.152. The number of carbonyl (C=O) groups is 2. The van der Waals surface area contributed by atoms with Gasteiger partial charge in [0, 0.05) is 6.54 Å². The predicted molar refractivity (Wildman–Crippen MR) is 42.8 cm³/mol. The second-order valence-electron chi connectivity index (χ2n) is 3.14. The summed E-state index contributed by atoms with van der Waals surface area (Å²) in [5, 5.41) is 20.3. The average molecular weight is 188 g/mol. The minimum Gasteiger partial charge on any atom is -0.480 e. The van der Waals surface area contributed by atoms with E-state index in [0.717, 1.165) is 0 Å². The van der Waals surface area contributed by atoms with E-state index in [1.165, 1.54) is 0 Å². The molecule has 1 rings (SSSR count). The van der Waals surface area contributed by atoms with Crippen molar-refractivity contribution in [3.05, 3.63) is 0 Å². The van der Waals surface area contributed by atoms with Gasteiger partial charge < -0.3 is 21.3 Å². The number of hydrogen-bond donors (Lipinski definition) is 4. The molecule has 2 atom stereocenters. The Balaban J connectivity index is 2.67. The van der Waals surface area contributed by atoms with Crippen molar-refractivity contribution >= 4 is 11.9 Å². The maximum absolute atomic E-state index is 11.2. The number of rotatable bonds is 2. The van der Waals surface area contributed by atoms with Crippen LogP contribution in [0.2, 0.25) is 0 Å². The number of carboxylic acids is 1. The molecule has 1 fully saturated rings. The number of aliphatic hydroxyl groups is 1. The topological polar surface area (TPSA) is 113 Å². The second-order valence-corrected chi connectivity index (χ2v) is 3.14. The molecule has 1 aliphatic rings. The number of piperidine rings is 1. The summed E-state index contributed by atoms with van der Waals surface area (Å²) in [6.07, 6.45) is 0.293. The van der Waals surface area contributed by atoms with Gasteiger partial charge in [0.1, 0.15) is 6.04 Å². The number of amides is 1. The van der Waals surface area contributed by atoms with Crippen LogP contribution in [0.15, 0.2) is 0 Å². The van der Waals surface area contributed by atoms with Gasteiger partial charge in [-0.05, 0) is 12.8 Å². The van der Waals surface area contributed by atoms with Crippen molar-refractivity contribution in [1.82, 2.24) is 5.32 Å². The lowest BCUT2D eigenvalue weighted by Gasteiger charge is -2.32. The third kappa shape index (κ3) is 1.78. The molecule has 1 heterocycles. The van der Waals surface area contributed by atoms with E-state index in [4.69, 9.17) is 10.8 Å². The monoisotopic (exact) mass is 188 g/mol. The molecule has 0 aromatic rings. The summed E-state index contributed by atoms with van der Waals surface area (Å²) in [4.78, 5) is 21.6. The Bertz CT molecular complexity index is 243. The largest absolute Gasteiger partial charge is 0.480 e. The van der Waals surface area contributed by atoms with Gasteiger partial charge in [-0.15, -0.1) is 0 Å². The Morgan fingerprint density at radius 1 is 1.77 bits per heavy atom. The first-order chi connectivity index (χ1) is 5.99. The van der Waals surface area contributed by atoms with Crippen LogP contribution in [0.25, 0.3) is 0 Å². The molecule has 0 radical (unpaired) electrons. The first kappa shape index (κ1) is 9.94. The molecule has 13 heavy (non-hydrogen) atoms. The summed E-state index contributed by atoms with van der Waals surface area (Å²) in [5.74, 6) is -1.79. The minimum absolute atomic E-state index is 0.0896. The van der Waals surface area contributed by atoms with Crippen LogP contribution < -0.4 is 11.1 Å². The van der Waals surface area contributed by atoms with Crippen LogP contribution in [-0.2, 0) is 9.59 Å². The Labute approximate surface area is 74.7 Å². The predicted octanol–water partition coefficient (Wildman–Crippen LogP) is -1.96. The smallest absolute Gasteiger partial charge is 0.326 e. The van der Waals surface area contributed by atoms with Gasteiger partial charge in [-0.2, -0.15) is 0 Å². The maximum Gasteiger partial charge on any atom is 0.326 e. The third-order valence-corrected chi connectivity index (χ3v) is 2.21.